The van der Waals surface area contributed by atoms with Gasteiger partial charge in [-0.05, 0) is 5.56 Å². The van der Waals surface area contributed by atoms with Crippen molar-refractivity contribution in [2.24, 2.45) is 0 Å². The summed E-state index contributed by atoms with van der Waals surface area (Å²) in [6, 6.07) is 9.17. The Morgan fingerprint density at radius 1 is 1.42 bits per heavy atom. The normalized spacial score (nSPS) is 11.4. The summed E-state index contributed by atoms with van der Waals surface area (Å²) in [6.07, 6.45) is 0. The zero-order valence-corrected chi connectivity index (χ0v) is 10.8. The van der Waals surface area contributed by atoms with E-state index in [9.17, 15) is 4.79 Å². The SMILES string of the molecule is O=C(O)C(I)c1ccccc1.[Ca+2].[H-].[H-]. The molecule has 62 valence electrons. The molecule has 0 fully saturated rings. The fraction of sp³-hybridized carbons (Fsp3) is 0.125. The standard InChI is InChI=1S/C8H7IO2.Ca.2H/c9-7(8(10)11)6-4-2-1-3-5-6;;;/h1-5,7H,(H,10,11);;;/q;+2;2*-1. The number of rotatable bonds is 2. The van der Waals surface area contributed by atoms with Gasteiger partial charge < -0.3 is 7.96 Å². The Balaban J connectivity index is -0.000000403. The van der Waals surface area contributed by atoms with E-state index in [4.69, 9.17) is 5.11 Å². The molecule has 1 aromatic carbocycles. The zero-order chi connectivity index (χ0) is 8.27. The molecule has 2 nitrogen and oxygen atoms in total. The number of halogens is 1. The first-order valence-electron chi connectivity index (χ1n) is 3.13. The van der Waals surface area contributed by atoms with Crippen molar-refractivity contribution in [3.8, 4) is 0 Å². The van der Waals surface area contributed by atoms with Gasteiger partial charge in [0.15, 0.2) is 0 Å². The maximum absolute atomic E-state index is 10.5. The Morgan fingerprint density at radius 3 is 2.33 bits per heavy atom. The predicted molar refractivity (Wildman–Crippen MR) is 58.8 cm³/mol. The molecule has 0 radical (unpaired) electrons. The smallest absolute Gasteiger partial charge is 1.00 e. The van der Waals surface area contributed by atoms with E-state index in [2.05, 4.69) is 0 Å². The second kappa shape index (κ2) is 6.18. The molecule has 0 aromatic heterocycles. The molecule has 1 aromatic rings. The van der Waals surface area contributed by atoms with Crippen molar-refractivity contribution in [3.63, 3.8) is 0 Å². The summed E-state index contributed by atoms with van der Waals surface area (Å²) in [5.74, 6) is -0.795. The molecule has 0 saturated carbocycles. The predicted octanol–water partition coefficient (Wildman–Crippen LogP) is 2.09. The molecule has 1 atom stereocenters. The Kier molecular flexibility index (Phi) is 6.53. The molecule has 12 heavy (non-hydrogen) atoms. The Morgan fingerprint density at radius 2 is 1.92 bits per heavy atom. The van der Waals surface area contributed by atoms with Crippen LogP contribution in [0.15, 0.2) is 30.3 Å². The van der Waals surface area contributed by atoms with Gasteiger partial charge in [-0.3, -0.25) is 4.79 Å². The van der Waals surface area contributed by atoms with E-state index in [1.807, 2.05) is 52.9 Å². The van der Waals surface area contributed by atoms with Gasteiger partial charge in [-0.2, -0.15) is 0 Å². The largest absolute Gasteiger partial charge is 2.00 e. The molecule has 1 rings (SSSR count). The van der Waals surface area contributed by atoms with Gasteiger partial charge in [0.25, 0.3) is 0 Å². The number of hydrogen-bond donors (Lipinski definition) is 1. The van der Waals surface area contributed by atoms with Crippen LogP contribution in [0.2, 0.25) is 0 Å². The topological polar surface area (TPSA) is 37.3 Å². The fourth-order valence-corrected chi connectivity index (χ4v) is 1.18. The summed E-state index contributed by atoms with van der Waals surface area (Å²) in [5.41, 5.74) is 0.834. The van der Waals surface area contributed by atoms with Gasteiger partial charge in [0, 0.05) is 0 Å². The van der Waals surface area contributed by atoms with Gasteiger partial charge in [0.1, 0.15) is 3.92 Å². The van der Waals surface area contributed by atoms with E-state index in [0.29, 0.717) is 0 Å². The van der Waals surface area contributed by atoms with Gasteiger partial charge in [0.2, 0.25) is 0 Å². The van der Waals surface area contributed by atoms with Crippen molar-refractivity contribution < 1.29 is 12.8 Å². The van der Waals surface area contributed by atoms with Crippen molar-refractivity contribution in [3.05, 3.63) is 35.9 Å². The van der Waals surface area contributed by atoms with Gasteiger partial charge >= 0.3 is 43.7 Å². The molecule has 0 bridgehead atoms. The molecular formula is C8H9CaIO2. The number of carboxylic acids is 1. The maximum atomic E-state index is 10.5. The zero-order valence-electron chi connectivity index (χ0n) is 8.40. The van der Waals surface area contributed by atoms with Crippen molar-refractivity contribution in [1.82, 2.24) is 0 Å². The summed E-state index contributed by atoms with van der Waals surface area (Å²) >= 11 is 1.90. The van der Waals surface area contributed by atoms with Gasteiger partial charge in [-0.1, -0.05) is 52.9 Å². The average Bonchev–Trinajstić information content (AvgIpc) is 2.05. The van der Waals surface area contributed by atoms with Gasteiger partial charge in [-0.25, -0.2) is 0 Å². The summed E-state index contributed by atoms with van der Waals surface area (Å²) in [6.45, 7) is 0. The Bertz CT molecular complexity index is 259. The summed E-state index contributed by atoms with van der Waals surface area (Å²) in [7, 11) is 0. The molecule has 1 N–H and O–H groups in total. The summed E-state index contributed by atoms with van der Waals surface area (Å²) in [4.78, 5) is 10.5. The molecule has 0 aliphatic heterocycles. The van der Waals surface area contributed by atoms with Crippen molar-refractivity contribution in [2.45, 2.75) is 3.92 Å². The minimum absolute atomic E-state index is 0. The Hall–Kier alpha value is 0.680. The molecule has 0 aliphatic rings. The fourth-order valence-electron chi connectivity index (χ4n) is 0.765. The van der Waals surface area contributed by atoms with E-state index in [1.165, 1.54) is 0 Å². The molecule has 0 aliphatic carbocycles. The van der Waals surface area contributed by atoms with E-state index in [0.717, 1.165) is 5.56 Å². The van der Waals surface area contributed by atoms with Crippen LogP contribution in [0.1, 0.15) is 12.3 Å². The number of alkyl halides is 1. The third-order valence-electron chi connectivity index (χ3n) is 1.31. The van der Waals surface area contributed by atoms with Crippen LogP contribution >= 0.6 is 22.6 Å². The van der Waals surface area contributed by atoms with Crippen LogP contribution in [-0.4, -0.2) is 48.8 Å². The molecule has 1 unspecified atom stereocenters. The number of carboxylic acid groups (broad SMARTS) is 1. The second-order valence-electron chi connectivity index (χ2n) is 2.11. The van der Waals surface area contributed by atoms with E-state index < -0.39 is 9.89 Å². The molecule has 0 spiro atoms. The first kappa shape index (κ1) is 12.7. The van der Waals surface area contributed by atoms with E-state index in [1.54, 1.807) is 0 Å². The third-order valence-corrected chi connectivity index (χ3v) is 2.56. The average molecular weight is 304 g/mol. The minimum Gasteiger partial charge on any atom is -1.00 e. The summed E-state index contributed by atoms with van der Waals surface area (Å²) in [5, 5.41) is 8.63. The molecule has 0 saturated heterocycles. The number of carbonyl (C=O) groups is 1. The number of hydrogen-bond acceptors (Lipinski definition) is 1. The van der Waals surface area contributed by atoms with E-state index in [-0.39, 0.29) is 40.6 Å². The van der Waals surface area contributed by atoms with Gasteiger partial charge in [-0.15, -0.1) is 0 Å². The molecular weight excluding hydrogens is 295 g/mol. The second-order valence-corrected chi connectivity index (χ2v) is 3.36. The quantitative estimate of drug-likeness (QED) is 0.516. The number of benzene rings is 1. The van der Waals surface area contributed by atoms with E-state index >= 15 is 0 Å². The number of aliphatic carboxylic acids is 1. The maximum Gasteiger partial charge on any atom is 2.00 e. The van der Waals surface area contributed by atoms with Crippen LogP contribution < -0.4 is 0 Å². The first-order valence-corrected chi connectivity index (χ1v) is 4.38. The van der Waals surface area contributed by atoms with Crippen LogP contribution in [0.3, 0.4) is 0 Å². The minimum atomic E-state index is -0.795. The first-order chi connectivity index (χ1) is 5.22. The van der Waals surface area contributed by atoms with Crippen LogP contribution in [0.25, 0.3) is 0 Å². The van der Waals surface area contributed by atoms with Crippen molar-refractivity contribution in [1.29, 1.82) is 0 Å². The molecule has 0 amide bonds. The summed E-state index contributed by atoms with van der Waals surface area (Å²) < 4.78 is -0.436. The monoisotopic (exact) mass is 304 g/mol. The third kappa shape index (κ3) is 3.60. The van der Waals surface area contributed by atoms with Gasteiger partial charge in [0.05, 0.1) is 0 Å². The van der Waals surface area contributed by atoms with Crippen LogP contribution in [0, 0.1) is 0 Å². The van der Waals surface area contributed by atoms with Crippen LogP contribution in [0.5, 0.6) is 0 Å². The van der Waals surface area contributed by atoms with Crippen molar-refractivity contribution in [2.75, 3.05) is 0 Å². The van der Waals surface area contributed by atoms with Crippen LogP contribution in [-0.2, 0) is 4.79 Å². The van der Waals surface area contributed by atoms with Crippen LogP contribution in [0.4, 0.5) is 0 Å². The molecule has 4 heteroatoms. The Labute approximate surface area is 117 Å². The van der Waals surface area contributed by atoms with Crippen molar-refractivity contribution >= 4 is 66.3 Å². The molecule has 0 heterocycles.